The lowest BCUT2D eigenvalue weighted by Gasteiger charge is -2.18. The second-order valence-corrected chi connectivity index (χ2v) is 3.59. The highest BCUT2D eigenvalue weighted by molar-refractivity contribution is 5.85. The molecule has 0 rings (SSSR count). The number of methoxy groups -OCH3 is 1. The number of carbonyl (C=O) groups is 1. The van der Waals surface area contributed by atoms with Gasteiger partial charge in [0.2, 0.25) is 5.91 Å². The second-order valence-electron chi connectivity index (χ2n) is 3.59. The monoisotopic (exact) mass is 238 g/mol. The van der Waals surface area contributed by atoms with Crippen molar-refractivity contribution in [1.29, 1.82) is 0 Å². The average Bonchev–Trinajstić information content (AvgIpc) is 2.14. The van der Waals surface area contributed by atoms with Gasteiger partial charge in [-0.25, -0.2) is 0 Å². The molecule has 1 unspecified atom stereocenters. The van der Waals surface area contributed by atoms with E-state index >= 15 is 0 Å². The number of hydrogen-bond acceptors (Lipinski definition) is 3. The predicted molar refractivity (Wildman–Crippen MR) is 64.2 cm³/mol. The van der Waals surface area contributed by atoms with Gasteiger partial charge in [-0.1, -0.05) is 19.8 Å². The van der Waals surface area contributed by atoms with E-state index in [4.69, 9.17) is 10.5 Å². The summed E-state index contributed by atoms with van der Waals surface area (Å²) in [6.07, 6.45) is 3.16. The number of hydrogen-bond donors (Lipinski definition) is 2. The maximum absolute atomic E-state index is 11.3. The van der Waals surface area contributed by atoms with Gasteiger partial charge in [0.15, 0.2) is 0 Å². The first kappa shape index (κ1) is 17.1. The zero-order chi connectivity index (χ0) is 11.0. The molecule has 0 aromatic heterocycles. The highest BCUT2D eigenvalue weighted by Crippen LogP contribution is 2.01. The molecule has 0 radical (unpaired) electrons. The van der Waals surface area contributed by atoms with Crippen LogP contribution in [0.4, 0.5) is 0 Å². The minimum Gasteiger partial charge on any atom is -0.383 e. The van der Waals surface area contributed by atoms with E-state index in [1.807, 2.05) is 0 Å². The lowest BCUT2D eigenvalue weighted by Crippen LogP contribution is -2.45. The van der Waals surface area contributed by atoms with E-state index < -0.39 is 6.04 Å². The Morgan fingerprint density at radius 2 is 2.13 bits per heavy atom. The summed E-state index contributed by atoms with van der Waals surface area (Å²) >= 11 is 0. The van der Waals surface area contributed by atoms with Crippen molar-refractivity contribution in [3.8, 4) is 0 Å². The van der Waals surface area contributed by atoms with Crippen molar-refractivity contribution >= 4 is 18.3 Å². The molecule has 0 aliphatic rings. The van der Waals surface area contributed by atoms with Crippen LogP contribution in [0, 0.1) is 0 Å². The average molecular weight is 239 g/mol. The third kappa shape index (κ3) is 8.66. The van der Waals surface area contributed by atoms with Crippen molar-refractivity contribution in [1.82, 2.24) is 5.32 Å². The zero-order valence-electron chi connectivity index (χ0n) is 9.79. The number of amides is 1. The molecule has 0 aromatic carbocycles. The van der Waals surface area contributed by atoms with E-state index in [1.54, 1.807) is 14.0 Å². The van der Waals surface area contributed by atoms with Crippen molar-refractivity contribution in [2.24, 2.45) is 5.73 Å². The Kier molecular flexibility index (Phi) is 11.6. The van der Waals surface area contributed by atoms with Gasteiger partial charge < -0.3 is 15.8 Å². The van der Waals surface area contributed by atoms with Gasteiger partial charge in [-0.15, -0.1) is 12.4 Å². The molecule has 0 saturated heterocycles. The summed E-state index contributed by atoms with van der Waals surface area (Å²) in [5, 5.41) is 2.86. The van der Waals surface area contributed by atoms with E-state index in [-0.39, 0.29) is 24.4 Å². The number of unbranched alkanes of at least 4 members (excludes halogenated alkanes) is 1. The van der Waals surface area contributed by atoms with Gasteiger partial charge in [-0.05, 0) is 13.3 Å². The number of nitrogens with two attached hydrogens (primary N) is 1. The fourth-order valence-electron chi connectivity index (χ4n) is 1.18. The van der Waals surface area contributed by atoms with E-state index in [2.05, 4.69) is 12.2 Å². The maximum Gasteiger partial charge on any atom is 0.236 e. The highest BCUT2D eigenvalue weighted by atomic mass is 35.5. The Morgan fingerprint density at radius 3 is 2.53 bits per heavy atom. The molecule has 0 fully saturated rings. The Balaban J connectivity index is 0. The number of rotatable bonds is 7. The SMILES string of the molecule is CCCCC(COC)NC(=O)[C@H](C)N.Cl. The van der Waals surface area contributed by atoms with Crippen molar-refractivity contribution < 1.29 is 9.53 Å². The van der Waals surface area contributed by atoms with Gasteiger partial charge in [0.25, 0.3) is 0 Å². The van der Waals surface area contributed by atoms with E-state index in [1.165, 1.54) is 0 Å². The number of ether oxygens (including phenoxy) is 1. The molecular formula is C10H23ClN2O2. The molecule has 0 heterocycles. The summed E-state index contributed by atoms with van der Waals surface area (Å²) in [7, 11) is 1.64. The fourth-order valence-corrected chi connectivity index (χ4v) is 1.18. The number of nitrogens with one attached hydrogen (secondary N) is 1. The molecule has 0 saturated carbocycles. The molecular weight excluding hydrogens is 216 g/mol. The summed E-state index contributed by atoms with van der Waals surface area (Å²) in [5.74, 6) is -0.108. The molecule has 0 spiro atoms. The van der Waals surface area contributed by atoms with Crippen LogP contribution in [-0.2, 0) is 9.53 Å². The van der Waals surface area contributed by atoms with Crippen LogP contribution in [0.15, 0.2) is 0 Å². The first-order valence-electron chi connectivity index (χ1n) is 5.16. The van der Waals surface area contributed by atoms with Crippen molar-refractivity contribution in [3.05, 3.63) is 0 Å². The first-order chi connectivity index (χ1) is 6.61. The molecule has 0 aliphatic carbocycles. The third-order valence-electron chi connectivity index (χ3n) is 2.03. The summed E-state index contributed by atoms with van der Waals surface area (Å²) in [6, 6.07) is -0.352. The van der Waals surface area contributed by atoms with Crippen LogP contribution in [0.3, 0.4) is 0 Å². The molecule has 15 heavy (non-hydrogen) atoms. The van der Waals surface area contributed by atoms with Gasteiger partial charge in [0.1, 0.15) is 0 Å². The second kappa shape index (κ2) is 10.2. The molecule has 0 aromatic rings. The quantitative estimate of drug-likeness (QED) is 0.698. The van der Waals surface area contributed by atoms with Gasteiger partial charge in [-0.3, -0.25) is 4.79 Å². The standard InChI is InChI=1S/C10H22N2O2.ClH/c1-4-5-6-9(7-14-3)12-10(13)8(2)11;/h8-9H,4-7,11H2,1-3H3,(H,12,13);1H/t8-,9?;/m0./s1. The van der Waals surface area contributed by atoms with E-state index in [0.717, 1.165) is 19.3 Å². The van der Waals surface area contributed by atoms with Gasteiger partial charge in [0, 0.05) is 7.11 Å². The zero-order valence-corrected chi connectivity index (χ0v) is 10.6. The number of carbonyl (C=O) groups excluding carboxylic acids is 1. The van der Waals surface area contributed by atoms with Crippen LogP contribution in [0.5, 0.6) is 0 Å². The van der Waals surface area contributed by atoms with Crippen molar-refractivity contribution in [3.63, 3.8) is 0 Å². The predicted octanol–water partition coefficient (Wildman–Crippen LogP) is 1.08. The normalized spacial score (nSPS) is 13.9. The Bertz CT molecular complexity index is 166. The first-order valence-corrected chi connectivity index (χ1v) is 5.16. The van der Waals surface area contributed by atoms with E-state index in [9.17, 15) is 4.79 Å². The molecule has 3 N–H and O–H groups in total. The fraction of sp³-hybridized carbons (Fsp3) is 0.900. The lowest BCUT2D eigenvalue weighted by molar-refractivity contribution is -0.123. The molecule has 5 heteroatoms. The van der Waals surface area contributed by atoms with Gasteiger partial charge >= 0.3 is 0 Å². The summed E-state index contributed by atoms with van der Waals surface area (Å²) in [4.78, 5) is 11.3. The summed E-state index contributed by atoms with van der Waals surface area (Å²) < 4.78 is 5.03. The minimum absolute atomic E-state index is 0. The van der Waals surface area contributed by atoms with Crippen LogP contribution in [0.2, 0.25) is 0 Å². The largest absolute Gasteiger partial charge is 0.383 e. The molecule has 0 bridgehead atoms. The van der Waals surface area contributed by atoms with Crippen molar-refractivity contribution in [2.75, 3.05) is 13.7 Å². The van der Waals surface area contributed by atoms with Gasteiger partial charge in [-0.2, -0.15) is 0 Å². The lowest BCUT2D eigenvalue weighted by atomic mass is 10.1. The maximum atomic E-state index is 11.3. The molecule has 4 nitrogen and oxygen atoms in total. The Morgan fingerprint density at radius 1 is 1.53 bits per heavy atom. The third-order valence-corrected chi connectivity index (χ3v) is 2.03. The number of halogens is 1. The molecule has 0 aliphatic heterocycles. The molecule has 2 atom stereocenters. The topological polar surface area (TPSA) is 64.3 Å². The molecule has 92 valence electrons. The van der Waals surface area contributed by atoms with Crippen LogP contribution < -0.4 is 11.1 Å². The minimum atomic E-state index is -0.448. The molecule has 1 amide bonds. The highest BCUT2D eigenvalue weighted by Gasteiger charge is 2.13. The van der Waals surface area contributed by atoms with Crippen molar-refractivity contribution in [2.45, 2.75) is 45.2 Å². The summed E-state index contributed by atoms with van der Waals surface area (Å²) in [5.41, 5.74) is 5.46. The van der Waals surface area contributed by atoms with E-state index in [0.29, 0.717) is 6.61 Å². The Labute approximate surface area is 98.3 Å². The van der Waals surface area contributed by atoms with Crippen LogP contribution in [0.25, 0.3) is 0 Å². The van der Waals surface area contributed by atoms with Gasteiger partial charge in [0.05, 0.1) is 18.7 Å². The van der Waals surface area contributed by atoms with Crippen LogP contribution >= 0.6 is 12.4 Å². The van der Waals surface area contributed by atoms with Crippen LogP contribution in [0.1, 0.15) is 33.1 Å². The Hall–Kier alpha value is -0.320. The van der Waals surface area contributed by atoms with Crippen LogP contribution in [-0.4, -0.2) is 31.7 Å². The smallest absolute Gasteiger partial charge is 0.236 e. The summed E-state index contributed by atoms with van der Waals surface area (Å²) in [6.45, 7) is 4.36.